The van der Waals surface area contributed by atoms with Crippen molar-refractivity contribution in [2.75, 3.05) is 13.1 Å². The van der Waals surface area contributed by atoms with Gasteiger partial charge in [0.2, 0.25) is 0 Å². The van der Waals surface area contributed by atoms with Gasteiger partial charge in [0.05, 0.1) is 12.2 Å². The number of hydrogen-bond acceptors (Lipinski definition) is 4. The van der Waals surface area contributed by atoms with Crippen LogP contribution >= 0.6 is 0 Å². The molecule has 4 heteroatoms. The third kappa shape index (κ3) is 7.21. The van der Waals surface area contributed by atoms with Crippen LogP contribution in [0.4, 0.5) is 0 Å². The Balaban J connectivity index is 1.98. The molecule has 0 radical (unpaired) electrons. The number of benzene rings is 2. The Morgan fingerprint density at radius 1 is 0.633 bits per heavy atom. The maximum atomic E-state index is 10.6. The van der Waals surface area contributed by atoms with Crippen LogP contribution in [0.25, 0.3) is 11.1 Å². The van der Waals surface area contributed by atoms with Gasteiger partial charge in [0.25, 0.3) is 0 Å². The van der Waals surface area contributed by atoms with Crippen molar-refractivity contribution in [1.29, 1.82) is 0 Å². The molecule has 4 atom stereocenters. The maximum absolute atomic E-state index is 10.6. The third-order valence-corrected chi connectivity index (χ3v) is 5.78. The van der Waals surface area contributed by atoms with Crippen LogP contribution in [-0.4, -0.2) is 35.4 Å². The van der Waals surface area contributed by atoms with Crippen molar-refractivity contribution in [3.05, 3.63) is 59.7 Å². The quantitative estimate of drug-likeness (QED) is 0.351. The Bertz CT molecular complexity index is 651. The van der Waals surface area contributed by atoms with Crippen LogP contribution in [0.5, 0.6) is 0 Å². The van der Waals surface area contributed by atoms with Crippen LogP contribution in [0.1, 0.15) is 76.7 Å². The first-order valence-electron chi connectivity index (χ1n) is 11.5. The normalized spacial score (nSPS) is 15.5. The Morgan fingerprint density at radius 2 is 0.967 bits per heavy atom. The van der Waals surface area contributed by atoms with Gasteiger partial charge in [0.15, 0.2) is 0 Å². The summed E-state index contributed by atoms with van der Waals surface area (Å²) in [6, 6.07) is 16.3. The molecule has 0 bridgehead atoms. The molecule has 0 fully saturated rings. The fourth-order valence-corrected chi connectivity index (χ4v) is 3.56. The molecule has 4 N–H and O–H groups in total. The Kier molecular flexibility index (Phi) is 10.5. The summed E-state index contributed by atoms with van der Waals surface area (Å²) in [7, 11) is 0. The van der Waals surface area contributed by atoms with E-state index in [1.165, 1.54) is 0 Å². The minimum Gasteiger partial charge on any atom is -0.387 e. The molecule has 0 unspecified atom stereocenters. The molecule has 0 aromatic heterocycles. The van der Waals surface area contributed by atoms with Gasteiger partial charge in [-0.25, -0.2) is 0 Å². The second-order valence-electron chi connectivity index (χ2n) is 8.33. The Labute approximate surface area is 182 Å². The lowest BCUT2D eigenvalue weighted by atomic mass is 9.97. The van der Waals surface area contributed by atoms with E-state index in [-0.39, 0.29) is 12.1 Å². The first-order chi connectivity index (χ1) is 14.5. The van der Waals surface area contributed by atoms with Gasteiger partial charge in [0, 0.05) is 12.1 Å². The Hall–Kier alpha value is -1.72. The lowest BCUT2D eigenvalue weighted by molar-refractivity contribution is 0.136. The zero-order chi connectivity index (χ0) is 21.9. The first kappa shape index (κ1) is 24.5. The van der Waals surface area contributed by atoms with Crippen molar-refractivity contribution in [2.45, 2.75) is 77.7 Å². The van der Waals surface area contributed by atoms with Crippen molar-refractivity contribution < 1.29 is 10.2 Å². The third-order valence-electron chi connectivity index (χ3n) is 5.78. The smallest absolute Gasteiger partial charge is 0.0940 e. The molecule has 0 aliphatic carbocycles. The molecular weight excluding hydrogens is 372 g/mol. The number of hydrogen-bond donors (Lipinski definition) is 4. The van der Waals surface area contributed by atoms with Crippen LogP contribution in [0.15, 0.2) is 48.5 Å². The fourth-order valence-electron chi connectivity index (χ4n) is 3.56. The average Bonchev–Trinajstić information content (AvgIpc) is 2.78. The van der Waals surface area contributed by atoms with Crippen LogP contribution in [0.2, 0.25) is 0 Å². The van der Waals surface area contributed by atoms with Gasteiger partial charge in [-0.1, -0.05) is 75.2 Å². The minimum absolute atomic E-state index is 0.0242. The second kappa shape index (κ2) is 12.9. The molecule has 0 heterocycles. The van der Waals surface area contributed by atoms with Crippen molar-refractivity contribution in [1.82, 2.24) is 10.6 Å². The lowest BCUT2D eigenvalue weighted by Crippen LogP contribution is -2.32. The van der Waals surface area contributed by atoms with E-state index in [0.29, 0.717) is 0 Å². The summed E-state index contributed by atoms with van der Waals surface area (Å²) in [6.45, 7) is 10.2. The van der Waals surface area contributed by atoms with E-state index in [1.807, 2.05) is 38.1 Å². The highest BCUT2D eigenvalue weighted by Crippen LogP contribution is 2.26. The SMILES string of the molecule is CCCCN[C@H](C)[C@H](O)c1ccc(-c2ccc([C@H](O)[C@@H](C)NCCCC)cc2)cc1. The summed E-state index contributed by atoms with van der Waals surface area (Å²) in [5.74, 6) is 0. The number of aliphatic hydroxyl groups excluding tert-OH is 2. The van der Waals surface area contributed by atoms with Crippen molar-refractivity contribution >= 4 is 0 Å². The zero-order valence-electron chi connectivity index (χ0n) is 19.1. The molecule has 2 aromatic carbocycles. The molecule has 0 saturated carbocycles. The summed E-state index contributed by atoms with van der Waals surface area (Å²) in [5, 5.41) is 27.9. The lowest BCUT2D eigenvalue weighted by Gasteiger charge is -2.21. The van der Waals surface area contributed by atoms with Gasteiger partial charge in [0.1, 0.15) is 0 Å². The van der Waals surface area contributed by atoms with Crippen LogP contribution < -0.4 is 10.6 Å². The number of rotatable bonds is 13. The predicted molar refractivity (Wildman–Crippen MR) is 127 cm³/mol. The summed E-state index contributed by atoms with van der Waals surface area (Å²) in [5.41, 5.74) is 4.06. The van der Waals surface area contributed by atoms with E-state index in [0.717, 1.165) is 61.0 Å². The van der Waals surface area contributed by atoms with Crippen molar-refractivity contribution in [3.63, 3.8) is 0 Å². The molecule has 0 amide bonds. The largest absolute Gasteiger partial charge is 0.387 e. The predicted octanol–water partition coefficient (Wildman–Crippen LogP) is 4.98. The summed E-state index contributed by atoms with van der Waals surface area (Å²) >= 11 is 0. The molecule has 4 nitrogen and oxygen atoms in total. The molecule has 2 rings (SSSR count). The van der Waals surface area contributed by atoms with E-state index < -0.39 is 12.2 Å². The van der Waals surface area contributed by atoms with E-state index in [2.05, 4.69) is 48.7 Å². The van der Waals surface area contributed by atoms with Crippen molar-refractivity contribution in [2.24, 2.45) is 0 Å². The standard InChI is InChI=1S/C26H40N2O2/c1-5-7-17-27-19(3)25(29)23-13-9-21(10-14-23)22-11-15-24(16-12-22)26(30)20(4)28-18-8-6-2/h9-16,19-20,25-30H,5-8,17-18H2,1-4H3/t19-,20-,25-,26+/m1/s1. The number of unbranched alkanes of at least 4 members (excludes halogenated alkanes) is 2. The first-order valence-corrected chi connectivity index (χ1v) is 11.5. The highest BCUT2D eigenvalue weighted by Gasteiger charge is 2.17. The molecule has 0 spiro atoms. The van der Waals surface area contributed by atoms with Gasteiger partial charge >= 0.3 is 0 Å². The molecule has 0 saturated heterocycles. The van der Waals surface area contributed by atoms with Crippen molar-refractivity contribution in [3.8, 4) is 11.1 Å². The van der Waals surface area contributed by atoms with Gasteiger partial charge in [-0.15, -0.1) is 0 Å². The zero-order valence-corrected chi connectivity index (χ0v) is 19.1. The van der Waals surface area contributed by atoms with E-state index >= 15 is 0 Å². The summed E-state index contributed by atoms with van der Waals surface area (Å²) in [6.07, 6.45) is 3.50. The highest BCUT2D eigenvalue weighted by molar-refractivity contribution is 5.64. The van der Waals surface area contributed by atoms with Crippen LogP contribution in [0, 0.1) is 0 Å². The van der Waals surface area contributed by atoms with Gasteiger partial charge in [-0.2, -0.15) is 0 Å². The van der Waals surface area contributed by atoms with Gasteiger partial charge in [-0.3, -0.25) is 0 Å². The number of nitrogens with one attached hydrogen (secondary N) is 2. The monoisotopic (exact) mass is 412 g/mol. The molecular formula is C26H40N2O2. The van der Waals surface area contributed by atoms with E-state index in [9.17, 15) is 10.2 Å². The molecule has 166 valence electrons. The van der Waals surface area contributed by atoms with Gasteiger partial charge < -0.3 is 20.8 Å². The molecule has 30 heavy (non-hydrogen) atoms. The minimum atomic E-state index is -0.518. The van der Waals surface area contributed by atoms with E-state index in [1.54, 1.807) is 0 Å². The maximum Gasteiger partial charge on any atom is 0.0940 e. The van der Waals surface area contributed by atoms with Gasteiger partial charge in [-0.05, 0) is 62.0 Å². The Morgan fingerprint density at radius 3 is 1.27 bits per heavy atom. The number of aliphatic hydroxyl groups is 2. The van der Waals surface area contributed by atoms with Crippen LogP contribution in [0.3, 0.4) is 0 Å². The molecule has 0 aliphatic heterocycles. The topological polar surface area (TPSA) is 64.5 Å². The highest BCUT2D eigenvalue weighted by atomic mass is 16.3. The van der Waals surface area contributed by atoms with Crippen LogP contribution in [-0.2, 0) is 0 Å². The molecule has 0 aliphatic rings. The summed E-state index contributed by atoms with van der Waals surface area (Å²) < 4.78 is 0. The molecule has 2 aromatic rings. The second-order valence-corrected chi connectivity index (χ2v) is 8.33. The van der Waals surface area contributed by atoms with E-state index in [4.69, 9.17) is 0 Å². The summed E-state index contributed by atoms with van der Waals surface area (Å²) in [4.78, 5) is 0. The fraction of sp³-hybridized carbons (Fsp3) is 0.538. The average molecular weight is 413 g/mol.